The summed E-state index contributed by atoms with van der Waals surface area (Å²) in [6, 6.07) is 14.0. The summed E-state index contributed by atoms with van der Waals surface area (Å²) in [5.74, 6) is -0.0543. The Bertz CT molecular complexity index is 672. The first-order valence-electron chi connectivity index (χ1n) is 8.10. The molecule has 1 aromatic heterocycles. The Balaban J connectivity index is 1.43. The van der Waals surface area contributed by atoms with E-state index in [0.29, 0.717) is 17.4 Å². The molecule has 2 aromatic rings. The zero-order chi connectivity index (χ0) is 16.8. The van der Waals surface area contributed by atoms with Gasteiger partial charge in [-0.15, -0.1) is 0 Å². The van der Waals surface area contributed by atoms with Crippen LogP contribution in [0.5, 0.6) is 0 Å². The molecule has 1 aliphatic heterocycles. The van der Waals surface area contributed by atoms with Crippen molar-refractivity contribution in [2.24, 2.45) is 0 Å². The molecule has 5 nitrogen and oxygen atoms in total. The molecule has 0 aliphatic carbocycles. The van der Waals surface area contributed by atoms with Crippen molar-refractivity contribution in [3.8, 4) is 0 Å². The van der Waals surface area contributed by atoms with Crippen molar-refractivity contribution in [3.63, 3.8) is 0 Å². The fourth-order valence-corrected chi connectivity index (χ4v) is 2.99. The highest BCUT2D eigenvalue weighted by atomic mass is 35.5. The second kappa shape index (κ2) is 8.24. The summed E-state index contributed by atoms with van der Waals surface area (Å²) < 4.78 is 0. The van der Waals surface area contributed by atoms with E-state index in [0.717, 1.165) is 32.7 Å². The van der Waals surface area contributed by atoms with E-state index < -0.39 is 0 Å². The van der Waals surface area contributed by atoms with Gasteiger partial charge in [-0.25, -0.2) is 4.98 Å². The van der Waals surface area contributed by atoms with Crippen molar-refractivity contribution in [2.75, 3.05) is 38.0 Å². The van der Waals surface area contributed by atoms with Gasteiger partial charge >= 0.3 is 0 Å². The van der Waals surface area contributed by atoms with Crippen LogP contribution in [0.3, 0.4) is 0 Å². The van der Waals surface area contributed by atoms with E-state index in [1.54, 1.807) is 18.3 Å². The van der Waals surface area contributed by atoms with E-state index in [4.69, 9.17) is 11.6 Å². The number of amides is 1. The number of benzene rings is 1. The first kappa shape index (κ1) is 16.9. The summed E-state index contributed by atoms with van der Waals surface area (Å²) in [5.41, 5.74) is 1.89. The van der Waals surface area contributed by atoms with E-state index in [1.165, 1.54) is 5.56 Å². The highest BCUT2D eigenvalue weighted by molar-refractivity contribution is 6.32. The molecule has 24 heavy (non-hydrogen) atoms. The Kier molecular flexibility index (Phi) is 5.80. The number of nitrogens with zero attached hydrogens (tertiary/aromatic N) is 3. The molecular weight excluding hydrogens is 324 g/mol. The monoisotopic (exact) mass is 344 g/mol. The standard InChI is InChI=1S/C18H21ClN4O/c19-18-16(7-4-8-20-18)21-17(24)14-23-11-9-22(10-12-23)13-15-5-2-1-3-6-15/h1-8H,9-14H2,(H,21,24). The first-order chi connectivity index (χ1) is 11.7. The molecule has 0 spiro atoms. The Labute approximate surface area is 147 Å². The molecule has 0 unspecified atom stereocenters. The Morgan fingerprint density at radius 2 is 1.75 bits per heavy atom. The van der Waals surface area contributed by atoms with Gasteiger partial charge in [0.1, 0.15) is 0 Å². The lowest BCUT2D eigenvalue weighted by Crippen LogP contribution is -2.48. The summed E-state index contributed by atoms with van der Waals surface area (Å²) in [7, 11) is 0. The minimum absolute atomic E-state index is 0.0543. The van der Waals surface area contributed by atoms with E-state index in [9.17, 15) is 4.79 Å². The molecule has 1 amide bonds. The van der Waals surface area contributed by atoms with Crippen molar-refractivity contribution in [2.45, 2.75) is 6.54 Å². The topological polar surface area (TPSA) is 48.5 Å². The van der Waals surface area contributed by atoms with Gasteiger partial charge in [0.05, 0.1) is 12.2 Å². The lowest BCUT2D eigenvalue weighted by molar-refractivity contribution is -0.117. The zero-order valence-electron chi connectivity index (χ0n) is 13.5. The Hall–Kier alpha value is -1.95. The van der Waals surface area contributed by atoms with Gasteiger partial charge < -0.3 is 5.32 Å². The van der Waals surface area contributed by atoms with Crippen molar-refractivity contribution in [1.29, 1.82) is 0 Å². The largest absolute Gasteiger partial charge is 0.322 e. The van der Waals surface area contributed by atoms with E-state index >= 15 is 0 Å². The number of pyridine rings is 1. The molecular formula is C18H21ClN4O. The molecule has 6 heteroatoms. The predicted octanol–water partition coefficient (Wildman–Crippen LogP) is 2.49. The van der Waals surface area contributed by atoms with Crippen LogP contribution in [0, 0.1) is 0 Å². The van der Waals surface area contributed by atoms with Gasteiger partial charge in [-0.2, -0.15) is 0 Å². The predicted molar refractivity (Wildman–Crippen MR) is 96.0 cm³/mol. The molecule has 0 saturated carbocycles. The molecule has 1 aromatic carbocycles. The van der Waals surface area contributed by atoms with Gasteiger partial charge in [-0.05, 0) is 17.7 Å². The normalized spacial score (nSPS) is 16.0. The van der Waals surface area contributed by atoms with Crippen LogP contribution < -0.4 is 5.32 Å². The number of piperazine rings is 1. The molecule has 0 radical (unpaired) electrons. The summed E-state index contributed by atoms with van der Waals surface area (Å²) >= 11 is 5.96. The Morgan fingerprint density at radius 1 is 1.04 bits per heavy atom. The second-order valence-corrected chi connectivity index (χ2v) is 6.29. The van der Waals surface area contributed by atoms with Crippen LogP contribution in [-0.4, -0.2) is 53.4 Å². The van der Waals surface area contributed by atoms with E-state index in [-0.39, 0.29) is 5.91 Å². The van der Waals surface area contributed by atoms with Gasteiger partial charge in [0, 0.05) is 38.9 Å². The molecule has 2 heterocycles. The fraction of sp³-hybridized carbons (Fsp3) is 0.333. The van der Waals surface area contributed by atoms with Crippen molar-refractivity contribution >= 4 is 23.2 Å². The minimum atomic E-state index is -0.0543. The molecule has 126 valence electrons. The van der Waals surface area contributed by atoms with Crippen molar-refractivity contribution in [3.05, 3.63) is 59.4 Å². The van der Waals surface area contributed by atoms with Crippen LogP contribution >= 0.6 is 11.6 Å². The lowest BCUT2D eigenvalue weighted by Gasteiger charge is -2.34. The zero-order valence-corrected chi connectivity index (χ0v) is 14.2. The summed E-state index contributed by atoms with van der Waals surface area (Å²) in [5, 5.41) is 3.14. The number of halogens is 1. The second-order valence-electron chi connectivity index (χ2n) is 5.93. The quantitative estimate of drug-likeness (QED) is 0.847. The third-order valence-corrected chi connectivity index (χ3v) is 4.42. The van der Waals surface area contributed by atoms with Gasteiger partial charge in [0.15, 0.2) is 5.15 Å². The molecule has 1 fully saturated rings. The Morgan fingerprint density at radius 3 is 2.46 bits per heavy atom. The number of rotatable bonds is 5. The lowest BCUT2D eigenvalue weighted by atomic mass is 10.2. The summed E-state index contributed by atoms with van der Waals surface area (Å²) in [6.07, 6.45) is 1.60. The SMILES string of the molecule is O=C(CN1CCN(Cc2ccccc2)CC1)Nc1cccnc1Cl. The molecule has 0 atom stereocenters. The summed E-state index contributed by atoms with van der Waals surface area (Å²) in [6.45, 7) is 5.06. The van der Waals surface area contributed by atoms with Crippen LogP contribution in [0.4, 0.5) is 5.69 Å². The number of carbonyl (C=O) groups is 1. The number of hydrogen-bond donors (Lipinski definition) is 1. The number of nitrogens with one attached hydrogen (secondary N) is 1. The molecule has 3 rings (SSSR count). The van der Waals surface area contributed by atoms with Crippen LogP contribution in [0.1, 0.15) is 5.56 Å². The minimum Gasteiger partial charge on any atom is -0.322 e. The maximum Gasteiger partial charge on any atom is 0.238 e. The number of aromatic nitrogens is 1. The van der Waals surface area contributed by atoms with Gasteiger partial charge in [0.25, 0.3) is 0 Å². The number of hydrogen-bond acceptors (Lipinski definition) is 4. The average molecular weight is 345 g/mol. The van der Waals surface area contributed by atoms with Crippen LogP contribution in [-0.2, 0) is 11.3 Å². The highest BCUT2D eigenvalue weighted by Crippen LogP contribution is 2.17. The van der Waals surface area contributed by atoms with Crippen molar-refractivity contribution < 1.29 is 4.79 Å². The fourth-order valence-electron chi connectivity index (χ4n) is 2.82. The third-order valence-electron chi connectivity index (χ3n) is 4.11. The third kappa shape index (κ3) is 4.77. The first-order valence-corrected chi connectivity index (χ1v) is 8.47. The van der Waals surface area contributed by atoms with Gasteiger partial charge in [-0.3, -0.25) is 14.6 Å². The molecule has 0 bridgehead atoms. The average Bonchev–Trinajstić information content (AvgIpc) is 2.60. The number of carbonyl (C=O) groups excluding carboxylic acids is 1. The maximum atomic E-state index is 12.2. The van der Waals surface area contributed by atoms with Crippen LogP contribution in [0.2, 0.25) is 5.15 Å². The van der Waals surface area contributed by atoms with Crippen LogP contribution in [0.15, 0.2) is 48.7 Å². The van der Waals surface area contributed by atoms with Crippen molar-refractivity contribution in [1.82, 2.24) is 14.8 Å². The van der Waals surface area contributed by atoms with Gasteiger partial charge in [-0.1, -0.05) is 41.9 Å². The molecule has 1 N–H and O–H groups in total. The maximum absolute atomic E-state index is 12.2. The highest BCUT2D eigenvalue weighted by Gasteiger charge is 2.19. The van der Waals surface area contributed by atoms with E-state index in [2.05, 4.69) is 44.4 Å². The van der Waals surface area contributed by atoms with Gasteiger partial charge in [0.2, 0.25) is 5.91 Å². The smallest absolute Gasteiger partial charge is 0.238 e. The number of anilines is 1. The summed E-state index contributed by atoms with van der Waals surface area (Å²) in [4.78, 5) is 20.7. The molecule has 1 aliphatic rings. The van der Waals surface area contributed by atoms with Crippen LogP contribution in [0.25, 0.3) is 0 Å². The van der Waals surface area contributed by atoms with E-state index in [1.807, 2.05) is 6.07 Å². The molecule has 1 saturated heterocycles.